The third-order valence-corrected chi connectivity index (χ3v) is 4.77. The van der Waals surface area contributed by atoms with Gasteiger partial charge in [-0.2, -0.15) is 0 Å². The first-order valence-electron chi connectivity index (χ1n) is 7.65. The van der Waals surface area contributed by atoms with Crippen LogP contribution in [0.5, 0.6) is 5.75 Å². The van der Waals surface area contributed by atoms with Crippen molar-refractivity contribution in [3.63, 3.8) is 0 Å². The van der Waals surface area contributed by atoms with E-state index in [1.807, 2.05) is 6.07 Å². The number of hydrogen-bond donors (Lipinski definition) is 1. The Labute approximate surface area is 134 Å². The van der Waals surface area contributed by atoms with Crippen molar-refractivity contribution in [1.29, 1.82) is 0 Å². The predicted molar refractivity (Wildman–Crippen MR) is 86.7 cm³/mol. The van der Waals surface area contributed by atoms with E-state index >= 15 is 0 Å². The first kappa shape index (κ1) is 15.3. The van der Waals surface area contributed by atoms with Crippen LogP contribution in [0.4, 0.5) is 0 Å². The Morgan fingerprint density at radius 2 is 2.29 bits per heavy atom. The van der Waals surface area contributed by atoms with Gasteiger partial charge in [0, 0.05) is 32.2 Å². The van der Waals surface area contributed by atoms with Gasteiger partial charge in [-0.25, -0.2) is 0 Å². The summed E-state index contributed by atoms with van der Waals surface area (Å²) in [5.74, 6) is 0.870. The third-order valence-electron chi connectivity index (χ3n) is 4.15. The van der Waals surface area contributed by atoms with Gasteiger partial charge in [-0.1, -0.05) is 6.07 Å². The first-order chi connectivity index (χ1) is 10.3. The second kappa shape index (κ2) is 7.09. The minimum Gasteiger partial charge on any atom is -0.496 e. The second-order valence-corrected chi connectivity index (χ2v) is 6.67. The van der Waals surface area contributed by atoms with Gasteiger partial charge in [-0.15, -0.1) is 0 Å². The van der Waals surface area contributed by atoms with E-state index in [1.165, 1.54) is 18.4 Å². The van der Waals surface area contributed by atoms with Crippen molar-refractivity contribution in [3.05, 3.63) is 28.2 Å². The molecule has 21 heavy (non-hydrogen) atoms. The van der Waals surface area contributed by atoms with Gasteiger partial charge in [0.15, 0.2) is 0 Å². The molecule has 1 heterocycles. The molecular weight excluding hydrogens is 332 g/mol. The normalized spacial score (nSPS) is 23.2. The lowest BCUT2D eigenvalue weighted by atomic mass is 10.2. The van der Waals surface area contributed by atoms with Crippen molar-refractivity contribution < 1.29 is 9.47 Å². The molecule has 1 aliphatic carbocycles. The molecule has 1 N–H and O–H groups in total. The van der Waals surface area contributed by atoms with Crippen LogP contribution in [0.2, 0.25) is 0 Å². The molecule has 116 valence electrons. The summed E-state index contributed by atoms with van der Waals surface area (Å²) in [5.41, 5.74) is 1.25. The van der Waals surface area contributed by atoms with Crippen LogP contribution in [-0.2, 0) is 11.3 Å². The summed E-state index contributed by atoms with van der Waals surface area (Å²) in [5, 5.41) is 3.50. The van der Waals surface area contributed by atoms with E-state index in [0.29, 0.717) is 6.10 Å². The quantitative estimate of drug-likeness (QED) is 0.850. The topological polar surface area (TPSA) is 33.7 Å². The van der Waals surface area contributed by atoms with Gasteiger partial charge < -0.3 is 14.8 Å². The zero-order valence-corrected chi connectivity index (χ0v) is 14.1. The molecule has 0 aromatic heterocycles. The molecule has 1 aromatic carbocycles. The number of ether oxygens (including phenoxy) is 2. The Bertz CT molecular complexity index is 479. The maximum atomic E-state index is 5.85. The van der Waals surface area contributed by atoms with Crippen LogP contribution in [0.25, 0.3) is 0 Å². The molecular formula is C16H23BrN2O2. The molecule has 4 nitrogen and oxygen atoms in total. The molecule has 3 rings (SSSR count). The summed E-state index contributed by atoms with van der Waals surface area (Å²) in [6.07, 6.45) is 3.07. The standard InChI is InChI=1S/C16H23BrN2O2/c1-20-16-5-2-12(8-15(16)17)9-18-10-14-11-19(6-7-21-14)13-3-4-13/h2,5,8,13-14,18H,3-4,6-7,9-11H2,1H3/t14-/m0/s1. The molecule has 0 radical (unpaired) electrons. The van der Waals surface area contributed by atoms with E-state index in [1.54, 1.807) is 7.11 Å². The third kappa shape index (κ3) is 4.19. The molecule has 0 bridgehead atoms. The van der Waals surface area contributed by atoms with Gasteiger partial charge >= 0.3 is 0 Å². The summed E-state index contributed by atoms with van der Waals surface area (Å²) in [6.45, 7) is 4.81. The highest BCUT2D eigenvalue weighted by Crippen LogP contribution is 2.28. The first-order valence-corrected chi connectivity index (χ1v) is 8.44. The maximum Gasteiger partial charge on any atom is 0.133 e. The van der Waals surface area contributed by atoms with Crippen LogP contribution >= 0.6 is 15.9 Å². The number of nitrogens with zero attached hydrogens (tertiary/aromatic N) is 1. The lowest BCUT2D eigenvalue weighted by Crippen LogP contribution is -2.47. The largest absolute Gasteiger partial charge is 0.496 e. The van der Waals surface area contributed by atoms with Crippen LogP contribution in [0.15, 0.2) is 22.7 Å². The second-order valence-electron chi connectivity index (χ2n) is 5.82. The van der Waals surface area contributed by atoms with Crippen LogP contribution in [0, 0.1) is 0 Å². The number of methoxy groups -OCH3 is 1. The van der Waals surface area contributed by atoms with Crippen molar-refractivity contribution in [2.75, 3.05) is 33.4 Å². The van der Waals surface area contributed by atoms with E-state index in [9.17, 15) is 0 Å². The zero-order chi connectivity index (χ0) is 14.7. The van der Waals surface area contributed by atoms with Crippen molar-refractivity contribution in [2.24, 2.45) is 0 Å². The molecule has 1 aliphatic heterocycles. The summed E-state index contributed by atoms with van der Waals surface area (Å²) in [6, 6.07) is 7.03. The monoisotopic (exact) mass is 354 g/mol. The fourth-order valence-corrected chi connectivity index (χ4v) is 3.42. The van der Waals surface area contributed by atoms with E-state index in [-0.39, 0.29) is 0 Å². The number of halogens is 1. The zero-order valence-electron chi connectivity index (χ0n) is 12.5. The van der Waals surface area contributed by atoms with Gasteiger partial charge in [-0.3, -0.25) is 4.90 Å². The maximum absolute atomic E-state index is 5.85. The van der Waals surface area contributed by atoms with Crippen LogP contribution < -0.4 is 10.1 Å². The Morgan fingerprint density at radius 1 is 1.43 bits per heavy atom. The predicted octanol–water partition coefficient (Wildman–Crippen LogP) is 2.41. The Hall–Kier alpha value is -0.620. The van der Waals surface area contributed by atoms with Crippen molar-refractivity contribution >= 4 is 15.9 Å². The molecule has 1 saturated heterocycles. The summed E-state index contributed by atoms with van der Waals surface area (Å²) < 4.78 is 12.1. The van der Waals surface area contributed by atoms with Crippen molar-refractivity contribution in [3.8, 4) is 5.75 Å². The van der Waals surface area contributed by atoms with Crippen molar-refractivity contribution in [2.45, 2.75) is 31.5 Å². The summed E-state index contributed by atoms with van der Waals surface area (Å²) in [4.78, 5) is 2.58. The van der Waals surface area contributed by atoms with Crippen molar-refractivity contribution in [1.82, 2.24) is 10.2 Å². The summed E-state index contributed by atoms with van der Waals surface area (Å²) in [7, 11) is 1.68. The number of morpholine rings is 1. The molecule has 0 spiro atoms. The molecule has 0 amide bonds. The van der Waals surface area contributed by atoms with Gasteiger partial charge in [0.1, 0.15) is 5.75 Å². The summed E-state index contributed by atoms with van der Waals surface area (Å²) >= 11 is 3.52. The van der Waals surface area contributed by atoms with E-state index in [0.717, 1.165) is 49.0 Å². The van der Waals surface area contributed by atoms with E-state index in [4.69, 9.17) is 9.47 Å². The fourth-order valence-electron chi connectivity index (χ4n) is 2.83. The van der Waals surface area contributed by atoms with Crippen LogP contribution in [-0.4, -0.2) is 50.4 Å². The van der Waals surface area contributed by atoms with E-state index in [2.05, 4.69) is 38.3 Å². The van der Waals surface area contributed by atoms with Gasteiger partial charge in [0.25, 0.3) is 0 Å². The number of hydrogen-bond acceptors (Lipinski definition) is 4. The van der Waals surface area contributed by atoms with Gasteiger partial charge in [0.2, 0.25) is 0 Å². The average molecular weight is 355 g/mol. The number of benzene rings is 1. The molecule has 1 saturated carbocycles. The van der Waals surface area contributed by atoms with Crippen LogP contribution in [0.1, 0.15) is 18.4 Å². The smallest absolute Gasteiger partial charge is 0.133 e. The van der Waals surface area contributed by atoms with E-state index < -0.39 is 0 Å². The van der Waals surface area contributed by atoms with Gasteiger partial charge in [0.05, 0.1) is 24.3 Å². The molecule has 1 aromatic rings. The molecule has 2 fully saturated rings. The number of nitrogens with one attached hydrogen (secondary N) is 1. The average Bonchev–Trinajstić information content (AvgIpc) is 3.32. The highest BCUT2D eigenvalue weighted by Gasteiger charge is 2.32. The highest BCUT2D eigenvalue weighted by molar-refractivity contribution is 9.10. The SMILES string of the molecule is COc1ccc(CNC[C@H]2CN(C3CC3)CCO2)cc1Br. The molecule has 2 aliphatic rings. The van der Waals surface area contributed by atoms with Crippen LogP contribution in [0.3, 0.4) is 0 Å². The molecule has 0 unspecified atom stereocenters. The Morgan fingerprint density at radius 3 is 3.00 bits per heavy atom. The fraction of sp³-hybridized carbons (Fsp3) is 0.625. The minimum atomic E-state index is 0.320. The molecule has 1 atom stereocenters. The lowest BCUT2D eigenvalue weighted by Gasteiger charge is -2.33. The highest BCUT2D eigenvalue weighted by atomic mass is 79.9. The Balaban J connectivity index is 1.44. The Kier molecular flexibility index (Phi) is 5.16. The lowest BCUT2D eigenvalue weighted by molar-refractivity contribution is -0.0301. The molecule has 5 heteroatoms. The number of rotatable bonds is 6. The van der Waals surface area contributed by atoms with Gasteiger partial charge in [-0.05, 0) is 46.5 Å². The minimum absolute atomic E-state index is 0.320.